The van der Waals surface area contributed by atoms with Crippen molar-refractivity contribution in [2.24, 2.45) is 12.9 Å². The van der Waals surface area contributed by atoms with Gasteiger partial charge in [-0.3, -0.25) is 16.0 Å². The van der Waals surface area contributed by atoms with Gasteiger partial charge in [0, 0.05) is 13.5 Å². The Hall–Kier alpha value is -0.950. The molecule has 0 radical (unpaired) electrons. The van der Waals surface area contributed by atoms with E-state index in [-0.39, 0.29) is 11.1 Å². The molecule has 0 aliphatic carbocycles. The van der Waals surface area contributed by atoms with Gasteiger partial charge in [0.2, 0.25) is 0 Å². The van der Waals surface area contributed by atoms with Gasteiger partial charge in [-0.25, -0.2) is 4.39 Å². The molecule has 1 atom stereocenters. The second-order valence-electron chi connectivity index (χ2n) is 4.57. The van der Waals surface area contributed by atoms with E-state index in [2.05, 4.69) is 26.5 Å². The summed E-state index contributed by atoms with van der Waals surface area (Å²) in [6.45, 7) is 1.92. The number of hydrazine groups is 1. The summed E-state index contributed by atoms with van der Waals surface area (Å²) in [6, 6.07) is 4.45. The predicted molar refractivity (Wildman–Crippen MR) is 80.8 cm³/mol. The van der Waals surface area contributed by atoms with E-state index in [4.69, 9.17) is 17.4 Å². The maximum absolute atomic E-state index is 13.5. The first-order valence-electron chi connectivity index (χ1n) is 6.03. The SMILES string of the molecule is Cc1nn(C)c(CC(NN)c2ccc(Cl)c(F)c2)c1Br. The molecule has 0 spiro atoms. The van der Waals surface area contributed by atoms with Crippen molar-refractivity contribution < 1.29 is 4.39 Å². The summed E-state index contributed by atoms with van der Waals surface area (Å²) in [7, 11) is 1.86. The molecule has 0 fully saturated rings. The highest BCUT2D eigenvalue weighted by molar-refractivity contribution is 9.10. The number of benzene rings is 1. The highest BCUT2D eigenvalue weighted by Gasteiger charge is 2.18. The van der Waals surface area contributed by atoms with Crippen molar-refractivity contribution in [1.29, 1.82) is 0 Å². The smallest absolute Gasteiger partial charge is 0.142 e. The first-order valence-corrected chi connectivity index (χ1v) is 7.20. The van der Waals surface area contributed by atoms with E-state index in [9.17, 15) is 4.39 Å². The summed E-state index contributed by atoms with van der Waals surface area (Å²) < 4.78 is 16.3. The third kappa shape index (κ3) is 3.03. The standard InChI is InChI=1S/C13H15BrClFN4/c1-7-13(14)12(20(2)19-7)6-11(18-17)8-3-4-9(15)10(16)5-8/h3-5,11,18H,6,17H2,1-2H3. The van der Waals surface area contributed by atoms with Gasteiger partial charge in [0.1, 0.15) is 5.82 Å². The van der Waals surface area contributed by atoms with E-state index in [1.165, 1.54) is 12.1 Å². The van der Waals surface area contributed by atoms with Gasteiger partial charge >= 0.3 is 0 Å². The van der Waals surface area contributed by atoms with E-state index < -0.39 is 5.82 Å². The summed E-state index contributed by atoms with van der Waals surface area (Å²) in [5, 5.41) is 4.43. The van der Waals surface area contributed by atoms with Crippen LogP contribution in [0.15, 0.2) is 22.7 Å². The third-order valence-electron chi connectivity index (χ3n) is 3.21. The molecule has 3 N–H and O–H groups in total. The van der Waals surface area contributed by atoms with Crippen LogP contribution in [0.3, 0.4) is 0 Å². The number of rotatable bonds is 4. The Balaban J connectivity index is 2.31. The van der Waals surface area contributed by atoms with Crippen LogP contribution in [0.2, 0.25) is 5.02 Å². The lowest BCUT2D eigenvalue weighted by molar-refractivity contribution is 0.524. The zero-order valence-electron chi connectivity index (χ0n) is 11.1. The molecule has 1 unspecified atom stereocenters. The van der Waals surface area contributed by atoms with Crippen LogP contribution in [0.4, 0.5) is 4.39 Å². The lowest BCUT2D eigenvalue weighted by Gasteiger charge is -2.17. The van der Waals surface area contributed by atoms with Gasteiger partial charge in [0.25, 0.3) is 0 Å². The van der Waals surface area contributed by atoms with Crippen molar-refractivity contribution in [1.82, 2.24) is 15.2 Å². The van der Waals surface area contributed by atoms with Gasteiger partial charge in [-0.15, -0.1) is 0 Å². The minimum atomic E-state index is -0.454. The Bertz CT molecular complexity index is 629. The van der Waals surface area contributed by atoms with E-state index in [0.29, 0.717) is 6.42 Å². The molecule has 0 aliphatic rings. The Kier molecular flexibility index (Phi) is 4.80. The van der Waals surface area contributed by atoms with Crippen molar-refractivity contribution in [2.75, 3.05) is 0 Å². The maximum Gasteiger partial charge on any atom is 0.142 e. The van der Waals surface area contributed by atoms with E-state index in [1.54, 1.807) is 10.7 Å². The van der Waals surface area contributed by atoms with Crippen molar-refractivity contribution >= 4 is 27.5 Å². The fourth-order valence-corrected chi connectivity index (χ4v) is 2.71. The largest absolute Gasteiger partial charge is 0.271 e. The lowest BCUT2D eigenvalue weighted by Crippen LogP contribution is -2.30. The van der Waals surface area contributed by atoms with E-state index in [1.807, 2.05) is 14.0 Å². The van der Waals surface area contributed by atoms with Crippen molar-refractivity contribution in [3.63, 3.8) is 0 Å². The highest BCUT2D eigenvalue weighted by atomic mass is 79.9. The number of halogens is 3. The number of nitrogens with one attached hydrogen (secondary N) is 1. The molecule has 0 aliphatic heterocycles. The number of aromatic nitrogens is 2. The number of nitrogens with zero attached hydrogens (tertiary/aromatic N) is 2. The summed E-state index contributed by atoms with van der Waals surface area (Å²) >= 11 is 9.20. The van der Waals surface area contributed by atoms with Crippen molar-refractivity contribution in [2.45, 2.75) is 19.4 Å². The summed E-state index contributed by atoms with van der Waals surface area (Å²) in [5.41, 5.74) is 5.33. The monoisotopic (exact) mass is 360 g/mol. The van der Waals surface area contributed by atoms with Crippen LogP contribution >= 0.6 is 27.5 Å². The van der Waals surface area contributed by atoms with E-state index in [0.717, 1.165) is 21.4 Å². The highest BCUT2D eigenvalue weighted by Crippen LogP contribution is 2.27. The quantitative estimate of drug-likeness (QED) is 0.650. The molecule has 7 heteroatoms. The molecule has 2 rings (SSSR count). The maximum atomic E-state index is 13.5. The van der Waals surface area contributed by atoms with Gasteiger partial charge in [0.15, 0.2) is 0 Å². The van der Waals surface area contributed by atoms with Crippen molar-refractivity contribution in [3.05, 3.63) is 50.5 Å². The van der Waals surface area contributed by atoms with E-state index >= 15 is 0 Å². The van der Waals surface area contributed by atoms with Gasteiger partial charge in [-0.2, -0.15) is 5.10 Å². The Labute approximate surface area is 130 Å². The van der Waals surface area contributed by atoms with Gasteiger partial charge in [-0.05, 0) is 40.5 Å². The molecular weight excluding hydrogens is 347 g/mol. The molecule has 1 aromatic carbocycles. The molecule has 20 heavy (non-hydrogen) atoms. The van der Waals surface area contributed by atoms with Gasteiger partial charge in [-0.1, -0.05) is 17.7 Å². The van der Waals surface area contributed by atoms with Crippen LogP contribution in [-0.4, -0.2) is 9.78 Å². The first kappa shape index (κ1) is 15.4. The number of aryl methyl sites for hydroxylation is 2. The lowest BCUT2D eigenvalue weighted by atomic mass is 10.0. The predicted octanol–water partition coefficient (Wildman–Crippen LogP) is 3.03. The van der Waals surface area contributed by atoms with Crippen LogP contribution < -0.4 is 11.3 Å². The van der Waals surface area contributed by atoms with Crippen LogP contribution in [0.1, 0.15) is 23.0 Å². The van der Waals surface area contributed by atoms with Crippen LogP contribution in [0, 0.1) is 12.7 Å². The molecule has 0 saturated carbocycles. The van der Waals surface area contributed by atoms with Gasteiger partial charge in [0.05, 0.1) is 26.9 Å². The van der Waals surface area contributed by atoms with Crippen molar-refractivity contribution in [3.8, 4) is 0 Å². The molecule has 0 saturated heterocycles. The fraction of sp³-hybridized carbons (Fsp3) is 0.308. The Morgan fingerprint density at radius 1 is 1.55 bits per heavy atom. The van der Waals surface area contributed by atoms with Crippen LogP contribution in [0.5, 0.6) is 0 Å². The van der Waals surface area contributed by atoms with Crippen LogP contribution in [-0.2, 0) is 13.5 Å². The molecular formula is C13H15BrClFN4. The minimum absolute atomic E-state index is 0.0991. The zero-order valence-corrected chi connectivity index (χ0v) is 13.5. The average molecular weight is 362 g/mol. The molecule has 1 aromatic heterocycles. The Morgan fingerprint density at radius 2 is 2.25 bits per heavy atom. The Morgan fingerprint density at radius 3 is 2.75 bits per heavy atom. The molecule has 1 heterocycles. The molecule has 0 amide bonds. The summed E-state index contributed by atoms with van der Waals surface area (Å²) in [5.74, 6) is 5.14. The second-order valence-corrected chi connectivity index (χ2v) is 5.77. The zero-order chi connectivity index (χ0) is 14.9. The topological polar surface area (TPSA) is 55.9 Å². The number of nitrogens with two attached hydrogens (primary N) is 1. The second kappa shape index (κ2) is 6.22. The molecule has 4 nitrogen and oxygen atoms in total. The minimum Gasteiger partial charge on any atom is -0.271 e. The average Bonchev–Trinajstić information content (AvgIpc) is 2.65. The third-order valence-corrected chi connectivity index (χ3v) is 4.54. The first-order chi connectivity index (χ1) is 9.43. The number of hydrogen-bond donors (Lipinski definition) is 2. The van der Waals surface area contributed by atoms with Gasteiger partial charge < -0.3 is 0 Å². The number of hydrogen-bond acceptors (Lipinski definition) is 3. The molecule has 108 valence electrons. The fourth-order valence-electron chi connectivity index (χ4n) is 2.10. The molecule has 0 bridgehead atoms. The van der Waals surface area contributed by atoms with Crippen LogP contribution in [0.25, 0.3) is 0 Å². The summed E-state index contributed by atoms with van der Waals surface area (Å²) in [4.78, 5) is 0. The summed E-state index contributed by atoms with van der Waals surface area (Å²) in [6.07, 6.45) is 0.579. The molecule has 2 aromatic rings. The normalized spacial score (nSPS) is 12.7.